The standard InChI is InChI=1S/C27H27F3N6O2S.C3H8.2C2H6/c1-3-35-10-12-36(13-11-35)17-21-6-5-20(15-23(21)27(28,29)30)25(38)34-24-14-19(8-9-31-24)4-7-22-16-32-26(39-22)33-18(2)37;1-3-2;2*1-2/h5-6,8-9,14-16H,3,10-13,17H2,1-2H3,(H,31,34,38)(H,32,33,37);3H2,1-2H3;2*1-2H3. The van der Waals surface area contributed by atoms with E-state index in [1.807, 2.05) is 32.6 Å². The minimum absolute atomic E-state index is 0.115. The smallest absolute Gasteiger partial charge is 0.307 e. The Morgan fingerprint density at radius 3 is 2.13 bits per heavy atom. The van der Waals surface area contributed by atoms with E-state index < -0.39 is 17.6 Å². The summed E-state index contributed by atoms with van der Waals surface area (Å²) in [5.74, 6) is 5.06. The van der Waals surface area contributed by atoms with Crippen LogP contribution in [0.15, 0.2) is 42.7 Å². The van der Waals surface area contributed by atoms with Crippen molar-refractivity contribution in [2.75, 3.05) is 43.4 Å². The van der Waals surface area contributed by atoms with E-state index in [1.54, 1.807) is 6.07 Å². The molecule has 1 aliphatic heterocycles. The van der Waals surface area contributed by atoms with Crippen LogP contribution in [0.25, 0.3) is 0 Å². The second-order valence-electron chi connectivity index (χ2n) is 9.63. The molecule has 1 saturated heterocycles. The molecule has 0 spiro atoms. The van der Waals surface area contributed by atoms with E-state index in [9.17, 15) is 22.8 Å². The third-order valence-corrected chi connectivity index (χ3v) is 6.93. The predicted molar refractivity (Wildman–Crippen MR) is 182 cm³/mol. The average Bonchev–Trinajstić information content (AvgIpc) is 3.49. The Kier molecular flexibility index (Phi) is 18.4. The number of rotatable bonds is 6. The minimum atomic E-state index is -4.60. The van der Waals surface area contributed by atoms with Gasteiger partial charge >= 0.3 is 6.18 Å². The number of aromatic nitrogens is 2. The predicted octanol–water partition coefficient (Wildman–Crippen LogP) is 7.77. The summed E-state index contributed by atoms with van der Waals surface area (Å²) >= 11 is 1.21. The lowest BCUT2D eigenvalue weighted by molar-refractivity contribution is -0.138. The number of likely N-dealkylation sites (N-methyl/N-ethyl adjacent to an activating group) is 1. The Morgan fingerprint density at radius 1 is 0.913 bits per heavy atom. The Labute approximate surface area is 275 Å². The van der Waals surface area contributed by atoms with Gasteiger partial charge in [-0.3, -0.25) is 14.5 Å². The monoisotopic (exact) mass is 660 g/mol. The van der Waals surface area contributed by atoms with Crippen LogP contribution in [0.3, 0.4) is 0 Å². The van der Waals surface area contributed by atoms with Crippen LogP contribution in [-0.2, 0) is 17.5 Å². The van der Waals surface area contributed by atoms with Crippen LogP contribution in [0.2, 0.25) is 0 Å². The number of amides is 2. The third kappa shape index (κ3) is 13.7. The van der Waals surface area contributed by atoms with E-state index in [2.05, 4.69) is 58.1 Å². The first kappa shape index (κ1) is 40.2. The van der Waals surface area contributed by atoms with Gasteiger partial charge in [-0.15, -0.1) is 0 Å². The zero-order chi connectivity index (χ0) is 34.7. The van der Waals surface area contributed by atoms with E-state index >= 15 is 0 Å². The fraction of sp³-hybridized carbons (Fsp3) is 0.471. The van der Waals surface area contributed by atoms with Crippen LogP contribution in [0.5, 0.6) is 0 Å². The van der Waals surface area contributed by atoms with Gasteiger partial charge in [0.25, 0.3) is 5.91 Å². The summed E-state index contributed by atoms with van der Waals surface area (Å²) in [6.07, 6.45) is -0.377. The first-order valence-corrected chi connectivity index (χ1v) is 16.5. The molecule has 4 rings (SSSR count). The second kappa shape index (κ2) is 21.1. The van der Waals surface area contributed by atoms with Crippen LogP contribution in [0.1, 0.15) is 93.7 Å². The Bertz CT molecular complexity index is 1420. The number of hydrogen-bond acceptors (Lipinski definition) is 7. The summed E-state index contributed by atoms with van der Waals surface area (Å²) in [6, 6.07) is 6.84. The molecular formula is C34H47F3N6O2S. The second-order valence-corrected chi connectivity index (χ2v) is 10.7. The fourth-order valence-electron chi connectivity index (χ4n) is 4.06. The van der Waals surface area contributed by atoms with Gasteiger partial charge in [0.2, 0.25) is 5.91 Å². The molecule has 252 valence electrons. The number of nitrogens with zero attached hydrogens (tertiary/aromatic N) is 4. The van der Waals surface area contributed by atoms with Crippen molar-refractivity contribution >= 4 is 34.1 Å². The normalized spacial score (nSPS) is 12.8. The van der Waals surface area contributed by atoms with Gasteiger partial charge in [0.05, 0.1) is 16.6 Å². The number of nitrogens with one attached hydrogen (secondary N) is 2. The first-order chi connectivity index (χ1) is 22.0. The summed E-state index contributed by atoms with van der Waals surface area (Å²) in [7, 11) is 0. The molecule has 2 aromatic heterocycles. The van der Waals surface area contributed by atoms with Crippen molar-refractivity contribution < 1.29 is 22.8 Å². The highest BCUT2D eigenvalue weighted by molar-refractivity contribution is 7.16. The van der Waals surface area contributed by atoms with Crippen LogP contribution in [0, 0.1) is 11.8 Å². The number of thiazole rings is 1. The summed E-state index contributed by atoms with van der Waals surface area (Å²) < 4.78 is 41.8. The van der Waals surface area contributed by atoms with Gasteiger partial charge in [-0.2, -0.15) is 13.2 Å². The van der Waals surface area contributed by atoms with Crippen LogP contribution >= 0.6 is 11.3 Å². The lowest BCUT2D eigenvalue weighted by Gasteiger charge is -2.34. The molecule has 0 atom stereocenters. The Morgan fingerprint density at radius 2 is 1.54 bits per heavy atom. The molecule has 0 aliphatic carbocycles. The third-order valence-electron chi connectivity index (χ3n) is 6.10. The molecule has 0 unspecified atom stereocenters. The van der Waals surface area contributed by atoms with Gasteiger partial charge in [-0.25, -0.2) is 9.97 Å². The van der Waals surface area contributed by atoms with Crippen molar-refractivity contribution in [3.05, 3.63) is 69.9 Å². The summed E-state index contributed by atoms with van der Waals surface area (Å²) in [4.78, 5) is 37.0. The molecule has 8 nitrogen and oxygen atoms in total. The van der Waals surface area contributed by atoms with Gasteiger partial charge < -0.3 is 15.5 Å². The molecule has 0 radical (unpaired) electrons. The highest BCUT2D eigenvalue weighted by atomic mass is 32.1. The van der Waals surface area contributed by atoms with E-state index in [1.165, 1.54) is 55.3 Å². The van der Waals surface area contributed by atoms with E-state index in [0.29, 0.717) is 28.7 Å². The highest BCUT2D eigenvalue weighted by Crippen LogP contribution is 2.33. The summed E-state index contributed by atoms with van der Waals surface area (Å²) in [6.45, 7) is 19.8. The maximum Gasteiger partial charge on any atom is 0.416 e. The first-order valence-electron chi connectivity index (χ1n) is 15.7. The largest absolute Gasteiger partial charge is 0.416 e. The number of pyridine rings is 1. The number of halogens is 3. The number of piperazine rings is 1. The maximum absolute atomic E-state index is 13.9. The van der Waals surface area contributed by atoms with Crippen LogP contribution < -0.4 is 10.6 Å². The lowest BCUT2D eigenvalue weighted by Crippen LogP contribution is -2.45. The fourth-order valence-corrected chi connectivity index (χ4v) is 4.78. The number of alkyl halides is 3. The number of carbonyl (C=O) groups is 2. The minimum Gasteiger partial charge on any atom is -0.307 e. The molecule has 0 bridgehead atoms. The summed E-state index contributed by atoms with van der Waals surface area (Å²) in [5.41, 5.74) is -0.257. The number of carbonyl (C=O) groups excluding carboxylic acids is 2. The number of anilines is 2. The summed E-state index contributed by atoms with van der Waals surface area (Å²) in [5, 5.41) is 5.56. The van der Waals surface area contributed by atoms with Gasteiger partial charge in [0.15, 0.2) is 5.13 Å². The molecule has 1 fully saturated rings. The topological polar surface area (TPSA) is 90.5 Å². The maximum atomic E-state index is 13.9. The molecule has 3 heterocycles. The lowest BCUT2D eigenvalue weighted by atomic mass is 10.0. The molecule has 3 aromatic rings. The molecule has 46 heavy (non-hydrogen) atoms. The molecular weight excluding hydrogens is 613 g/mol. The van der Waals surface area contributed by atoms with Gasteiger partial charge in [-0.1, -0.05) is 78.2 Å². The Balaban J connectivity index is 0.00000140. The molecule has 1 aromatic carbocycles. The number of hydrogen-bond donors (Lipinski definition) is 2. The van der Waals surface area contributed by atoms with E-state index in [4.69, 9.17) is 0 Å². The van der Waals surface area contributed by atoms with Crippen molar-refractivity contribution in [1.29, 1.82) is 0 Å². The van der Waals surface area contributed by atoms with Gasteiger partial charge in [0.1, 0.15) is 5.82 Å². The quantitative estimate of drug-likeness (QED) is 0.263. The van der Waals surface area contributed by atoms with E-state index in [0.717, 1.165) is 25.7 Å². The molecule has 12 heteroatoms. The average molecular weight is 661 g/mol. The molecule has 1 aliphatic rings. The molecule has 0 saturated carbocycles. The van der Waals surface area contributed by atoms with Gasteiger partial charge in [0, 0.05) is 57.0 Å². The SMILES string of the molecule is CC.CC.CCC.CCN1CCN(Cc2ccc(C(=O)Nc3cc(C#Cc4cnc(NC(C)=O)s4)ccn3)cc2C(F)(F)F)CC1. The van der Waals surface area contributed by atoms with Crippen molar-refractivity contribution in [3.8, 4) is 11.8 Å². The van der Waals surface area contributed by atoms with Crippen molar-refractivity contribution in [2.24, 2.45) is 0 Å². The van der Waals surface area contributed by atoms with Crippen LogP contribution in [-0.4, -0.2) is 64.3 Å². The molecule has 2 amide bonds. The van der Waals surface area contributed by atoms with Crippen molar-refractivity contribution in [3.63, 3.8) is 0 Å². The van der Waals surface area contributed by atoms with Gasteiger partial charge in [-0.05, 0) is 42.3 Å². The highest BCUT2D eigenvalue weighted by Gasteiger charge is 2.34. The van der Waals surface area contributed by atoms with Crippen molar-refractivity contribution in [2.45, 2.75) is 74.5 Å². The van der Waals surface area contributed by atoms with E-state index in [-0.39, 0.29) is 29.4 Å². The number of benzene rings is 1. The Hall–Kier alpha value is -3.79. The van der Waals surface area contributed by atoms with Crippen molar-refractivity contribution in [1.82, 2.24) is 19.8 Å². The van der Waals surface area contributed by atoms with Crippen LogP contribution in [0.4, 0.5) is 24.1 Å². The molecule has 2 N–H and O–H groups in total. The zero-order valence-electron chi connectivity index (χ0n) is 28.1. The zero-order valence-corrected chi connectivity index (χ0v) is 29.0.